The summed E-state index contributed by atoms with van der Waals surface area (Å²) in [4.78, 5) is 16.3. The Kier molecular flexibility index (Phi) is 4.81. The summed E-state index contributed by atoms with van der Waals surface area (Å²) in [6, 6.07) is 6.16. The number of hydrogen-bond donors (Lipinski definition) is 0. The van der Waals surface area contributed by atoms with E-state index in [-0.39, 0.29) is 5.82 Å². The minimum atomic E-state index is -2.14. The fourth-order valence-corrected chi connectivity index (χ4v) is 14.4. The van der Waals surface area contributed by atoms with Gasteiger partial charge >= 0.3 is 133 Å². The standard InChI is InChI=1S/C8H3FS2.6CH3.2Sn/c9-6-3-5-11-8(6)7-2-1-4-10-7;;;;;;;;/h1-3H;6*1H3;;. The Labute approximate surface area is 131 Å². The quantitative estimate of drug-likeness (QED) is 0.526. The molecule has 0 spiro atoms. The van der Waals surface area contributed by atoms with Gasteiger partial charge in [0.25, 0.3) is 0 Å². The number of hydrogen-bond acceptors (Lipinski definition) is 2. The van der Waals surface area contributed by atoms with E-state index in [4.69, 9.17) is 0 Å². The molecule has 0 aliphatic carbocycles. The molecule has 0 amide bonds. The molecule has 0 radical (unpaired) electrons. The van der Waals surface area contributed by atoms with Gasteiger partial charge < -0.3 is 0 Å². The van der Waals surface area contributed by atoms with Crippen LogP contribution in [0.25, 0.3) is 9.75 Å². The van der Waals surface area contributed by atoms with Crippen LogP contribution in [0.1, 0.15) is 0 Å². The van der Waals surface area contributed by atoms with Gasteiger partial charge in [0.1, 0.15) is 0 Å². The summed E-state index contributed by atoms with van der Waals surface area (Å²) in [6.07, 6.45) is 0. The monoisotopic (exact) mass is 512 g/mol. The third-order valence-electron chi connectivity index (χ3n) is 2.99. The summed E-state index contributed by atoms with van der Waals surface area (Å²) in [7, 11) is 0. The number of halogens is 1. The predicted molar refractivity (Wildman–Crippen MR) is 93.6 cm³/mol. The van der Waals surface area contributed by atoms with Crippen molar-refractivity contribution in [3.05, 3.63) is 24.0 Å². The Balaban J connectivity index is 2.43. The van der Waals surface area contributed by atoms with Crippen molar-refractivity contribution in [2.45, 2.75) is 29.6 Å². The Morgan fingerprint density at radius 1 is 0.842 bits per heavy atom. The van der Waals surface area contributed by atoms with Crippen LogP contribution in [-0.4, -0.2) is 36.8 Å². The molecular formula is C14H21FS2Sn2. The third kappa shape index (κ3) is 3.77. The molecule has 0 atom stereocenters. The molecule has 0 N–H and O–H groups in total. The van der Waals surface area contributed by atoms with Gasteiger partial charge in [0.05, 0.1) is 0 Å². The molecule has 0 fully saturated rings. The summed E-state index contributed by atoms with van der Waals surface area (Å²) < 4.78 is 17.1. The van der Waals surface area contributed by atoms with Crippen molar-refractivity contribution in [2.75, 3.05) is 0 Å². The van der Waals surface area contributed by atoms with Crippen LogP contribution in [0.3, 0.4) is 0 Å². The average Bonchev–Trinajstić information content (AvgIpc) is 2.80. The Bertz CT molecular complexity index is 585. The molecule has 19 heavy (non-hydrogen) atoms. The van der Waals surface area contributed by atoms with E-state index in [1.54, 1.807) is 17.4 Å². The molecule has 2 rings (SSSR count). The molecule has 104 valence electrons. The van der Waals surface area contributed by atoms with Gasteiger partial charge in [-0.2, -0.15) is 0 Å². The Hall–Kier alpha value is 0.927. The average molecular weight is 510 g/mol. The molecule has 5 heteroatoms. The van der Waals surface area contributed by atoms with Gasteiger partial charge in [-0.1, -0.05) is 0 Å². The molecule has 0 aliphatic heterocycles. The van der Waals surface area contributed by atoms with Gasteiger partial charge in [-0.3, -0.25) is 0 Å². The van der Waals surface area contributed by atoms with Crippen LogP contribution >= 0.6 is 22.7 Å². The maximum absolute atomic E-state index is 14.2. The van der Waals surface area contributed by atoms with Crippen LogP contribution in [0.15, 0.2) is 18.2 Å². The van der Waals surface area contributed by atoms with Crippen molar-refractivity contribution >= 4 is 65.2 Å². The van der Waals surface area contributed by atoms with E-state index >= 15 is 0 Å². The topological polar surface area (TPSA) is 0 Å². The minimum absolute atomic E-state index is 0.0101. The SMILES string of the molecule is [CH3][Sn]([CH3])([CH3])[c]1ccc(-c2s[c]([Sn]([CH3])([CH3])[CH3])cc2F)s1. The van der Waals surface area contributed by atoms with Gasteiger partial charge in [-0.25, -0.2) is 0 Å². The molecule has 2 aromatic rings. The molecule has 0 saturated heterocycles. The number of thiophene rings is 2. The molecule has 2 heterocycles. The molecule has 2 aromatic heterocycles. The van der Waals surface area contributed by atoms with Crippen molar-refractivity contribution < 1.29 is 4.39 Å². The van der Waals surface area contributed by atoms with Crippen LogP contribution in [0.2, 0.25) is 29.6 Å². The van der Waals surface area contributed by atoms with E-state index < -0.39 is 36.8 Å². The summed E-state index contributed by atoms with van der Waals surface area (Å²) >= 11 is -0.635. The van der Waals surface area contributed by atoms with Crippen LogP contribution < -0.4 is 5.79 Å². The molecule has 0 nitrogen and oxygen atoms in total. The zero-order valence-corrected chi connectivity index (χ0v) is 19.8. The first-order valence-corrected chi connectivity index (χ1v) is 28.1. The van der Waals surface area contributed by atoms with Crippen LogP contribution in [0.4, 0.5) is 4.39 Å². The van der Waals surface area contributed by atoms with Crippen LogP contribution in [-0.2, 0) is 0 Å². The van der Waals surface area contributed by atoms with Crippen LogP contribution in [0, 0.1) is 5.82 Å². The van der Waals surface area contributed by atoms with Gasteiger partial charge in [0.15, 0.2) is 0 Å². The van der Waals surface area contributed by atoms with E-state index in [1.807, 2.05) is 11.3 Å². The van der Waals surface area contributed by atoms with E-state index in [0.717, 1.165) is 9.75 Å². The summed E-state index contributed by atoms with van der Waals surface area (Å²) in [6.45, 7) is 0. The zero-order valence-electron chi connectivity index (χ0n) is 12.4. The van der Waals surface area contributed by atoms with Crippen LogP contribution in [0.5, 0.6) is 0 Å². The zero-order chi connectivity index (χ0) is 14.4. The van der Waals surface area contributed by atoms with Gasteiger partial charge in [0.2, 0.25) is 0 Å². The maximum atomic E-state index is 14.2. The molecule has 0 saturated carbocycles. The van der Waals surface area contributed by atoms with Gasteiger partial charge in [-0.15, -0.1) is 0 Å². The van der Waals surface area contributed by atoms with Crippen molar-refractivity contribution in [1.82, 2.24) is 0 Å². The van der Waals surface area contributed by atoms with Crippen molar-refractivity contribution in [2.24, 2.45) is 0 Å². The van der Waals surface area contributed by atoms with E-state index in [9.17, 15) is 4.39 Å². The first-order chi connectivity index (χ1) is 8.59. The first kappa shape index (κ1) is 16.3. The molecule has 0 aromatic carbocycles. The second-order valence-electron chi connectivity index (χ2n) is 6.95. The van der Waals surface area contributed by atoms with E-state index in [1.165, 1.54) is 5.79 Å². The van der Waals surface area contributed by atoms with Gasteiger partial charge in [0, 0.05) is 0 Å². The Morgan fingerprint density at radius 2 is 1.42 bits per heavy atom. The fraction of sp³-hybridized carbons (Fsp3) is 0.429. The summed E-state index contributed by atoms with van der Waals surface area (Å²) in [5.41, 5.74) is 0. The third-order valence-corrected chi connectivity index (χ3v) is 24.3. The van der Waals surface area contributed by atoms with Crippen molar-refractivity contribution in [3.8, 4) is 9.75 Å². The summed E-state index contributed by atoms with van der Waals surface area (Å²) in [5.74, 6) is -0.0101. The summed E-state index contributed by atoms with van der Waals surface area (Å²) in [5, 5.41) is 0. The van der Waals surface area contributed by atoms with E-state index in [0.29, 0.717) is 0 Å². The van der Waals surface area contributed by atoms with Crippen molar-refractivity contribution in [1.29, 1.82) is 0 Å². The first-order valence-electron chi connectivity index (χ1n) is 6.49. The second-order valence-corrected chi connectivity index (χ2v) is 39.9. The molecule has 0 aliphatic rings. The Morgan fingerprint density at radius 3 is 1.84 bits per heavy atom. The van der Waals surface area contributed by atoms with Crippen molar-refractivity contribution in [3.63, 3.8) is 0 Å². The normalized spacial score (nSPS) is 13.0. The molecule has 0 bridgehead atoms. The number of rotatable bonds is 3. The second kappa shape index (κ2) is 5.61. The molecule has 0 unspecified atom stereocenters. The fourth-order valence-electron chi connectivity index (χ4n) is 1.77. The van der Waals surface area contributed by atoms with Gasteiger partial charge in [-0.05, 0) is 0 Å². The predicted octanol–water partition coefficient (Wildman–Crippen LogP) is 4.71. The van der Waals surface area contributed by atoms with E-state index in [2.05, 4.69) is 41.8 Å². The molecular weight excluding hydrogens is 489 g/mol.